The molecule has 0 aliphatic heterocycles. The van der Waals surface area contributed by atoms with Crippen molar-refractivity contribution >= 4 is 21.6 Å². The number of aryl methyl sites for hydroxylation is 1. The van der Waals surface area contributed by atoms with Crippen LogP contribution in [0.3, 0.4) is 0 Å². The van der Waals surface area contributed by atoms with Crippen LogP contribution < -0.4 is 4.72 Å². The van der Waals surface area contributed by atoms with Gasteiger partial charge in [-0.1, -0.05) is 0 Å². The fraction of sp³-hybridized carbons (Fsp3) is 0.538. The Balaban J connectivity index is 2.06. The van der Waals surface area contributed by atoms with Gasteiger partial charge in [0.05, 0.1) is 4.90 Å². The molecule has 1 aromatic carbocycles. The minimum atomic E-state index is -3.57. The summed E-state index contributed by atoms with van der Waals surface area (Å²) in [5.74, 6) is -0.143. The van der Waals surface area contributed by atoms with Gasteiger partial charge < -0.3 is 0 Å². The molecule has 0 radical (unpaired) electrons. The van der Waals surface area contributed by atoms with Crippen molar-refractivity contribution in [2.24, 2.45) is 5.92 Å². The largest absolute Gasteiger partial charge is 0.240 e. The van der Waals surface area contributed by atoms with Gasteiger partial charge in [0.1, 0.15) is 5.82 Å². The smallest absolute Gasteiger partial charge is 0.211 e. The Labute approximate surface area is 118 Å². The summed E-state index contributed by atoms with van der Waals surface area (Å²) in [6.45, 7) is 1.98. The van der Waals surface area contributed by atoms with Crippen molar-refractivity contribution in [3.8, 4) is 0 Å². The maximum absolute atomic E-state index is 13.0. The van der Waals surface area contributed by atoms with Gasteiger partial charge in [0.25, 0.3) is 0 Å². The first-order valence-electron chi connectivity index (χ1n) is 6.28. The quantitative estimate of drug-likeness (QED) is 0.870. The van der Waals surface area contributed by atoms with E-state index in [1.54, 1.807) is 6.92 Å². The molecular formula is C13H17ClFNO2S. The average Bonchev–Trinajstić information content (AvgIpc) is 2.72. The first-order chi connectivity index (χ1) is 8.88. The van der Waals surface area contributed by atoms with Crippen LogP contribution in [0.5, 0.6) is 0 Å². The van der Waals surface area contributed by atoms with E-state index in [1.807, 2.05) is 0 Å². The van der Waals surface area contributed by atoms with Gasteiger partial charge in [-0.05, 0) is 55.9 Å². The SMILES string of the molecule is Cc1cc(F)ccc1S(=O)(=O)NCC1CCC(Cl)C1. The molecule has 0 heterocycles. The third kappa shape index (κ3) is 3.68. The Bertz CT molecular complexity index is 562. The lowest BCUT2D eigenvalue weighted by atomic mass is 10.1. The van der Waals surface area contributed by atoms with Crippen molar-refractivity contribution in [2.45, 2.75) is 36.5 Å². The summed E-state index contributed by atoms with van der Waals surface area (Å²) in [7, 11) is -3.57. The molecule has 3 nitrogen and oxygen atoms in total. The van der Waals surface area contributed by atoms with Crippen LogP contribution in [0.1, 0.15) is 24.8 Å². The fourth-order valence-electron chi connectivity index (χ4n) is 2.42. The van der Waals surface area contributed by atoms with E-state index in [9.17, 15) is 12.8 Å². The highest BCUT2D eigenvalue weighted by Crippen LogP contribution is 2.29. The van der Waals surface area contributed by atoms with Crippen molar-refractivity contribution in [3.05, 3.63) is 29.6 Å². The van der Waals surface area contributed by atoms with Crippen LogP contribution in [0, 0.1) is 18.7 Å². The molecule has 1 fully saturated rings. The maximum Gasteiger partial charge on any atom is 0.240 e. The average molecular weight is 306 g/mol. The zero-order valence-corrected chi connectivity index (χ0v) is 12.3. The zero-order chi connectivity index (χ0) is 14.0. The molecule has 2 rings (SSSR count). The van der Waals surface area contributed by atoms with Gasteiger partial charge in [0.2, 0.25) is 10.0 Å². The molecule has 0 bridgehead atoms. The Morgan fingerprint density at radius 2 is 2.16 bits per heavy atom. The summed E-state index contributed by atoms with van der Waals surface area (Å²) < 4.78 is 39.8. The second-order valence-corrected chi connectivity index (χ2v) is 7.39. The molecule has 0 aromatic heterocycles. The van der Waals surface area contributed by atoms with Crippen LogP contribution in [0.4, 0.5) is 4.39 Å². The number of hydrogen-bond acceptors (Lipinski definition) is 2. The lowest BCUT2D eigenvalue weighted by molar-refractivity contribution is 0.519. The number of sulfonamides is 1. The van der Waals surface area contributed by atoms with E-state index in [2.05, 4.69) is 4.72 Å². The van der Waals surface area contributed by atoms with Gasteiger partial charge in [-0.25, -0.2) is 17.5 Å². The zero-order valence-electron chi connectivity index (χ0n) is 10.7. The normalized spacial score (nSPS) is 23.7. The summed E-state index contributed by atoms with van der Waals surface area (Å²) in [5.41, 5.74) is 0.411. The molecule has 0 spiro atoms. The molecule has 106 valence electrons. The van der Waals surface area contributed by atoms with Crippen molar-refractivity contribution < 1.29 is 12.8 Å². The van der Waals surface area contributed by atoms with Crippen LogP contribution in [0.2, 0.25) is 0 Å². The molecular weight excluding hydrogens is 289 g/mol. The minimum Gasteiger partial charge on any atom is -0.211 e. The first kappa shape index (κ1) is 14.8. The Hall–Kier alpha value is -0.650. The Morgan fingerprint density at radius 3 is 2.74 bits per heavy atom. The molecule has 1 saturated carbocycles. The van der Waals surface area contributed by atoms with Crippen LogP contribution in [0.25, 0.3) is 0 Å². The molecule has 1 aliphatic carbocycles. The molecule has 1 aliphatic rings. The number of nitrogens with one attached hydrogen (secondary N) is 1. The van der Waals surface area contributed by atoms with E-state index in [0.717, 1.165) is 25.3 Å². The predicted octanol–water partition coefficient (Wildman–Crippen LogP) is 2.82. The third-order valence-electron chi connectivity index (χ3n) is 3.47. The summed E-state index contributed by atoms with van der Waals surface area (Å²) in [6, 6.07) is 3.68. The van der Waals surface area contributed by atoms with Gasteiger partial charge in [-0.15, -0.1) is 11.6 Å². The van der Waals surface area contributed by atoms with Gasteiger partial charge >= 0.3 is 0 Å². The van der Waals surface area contributed by atoms with E-state index in [1.165, 1.54) is 12.1 Å². The van der Waals surface area contributed by atoms with Crippen molar-refractivity contribution in [1.82, 2.24) is 4.72 Å². The topological polar surface area (TPSA) is 46.2 Å². The van der Waals surface area contributed by atoms with Crippen molar-refractivity contribution in [3.63, 3.8) is 0 Å². The second-order valence-electron chi connectivity index (χ2n) is 5.04. The summed E-state index contributed by atoms with van der Waals surface area (Å²) in [5, 5.41) is 0.155. The van der Waals surface area contributed by atoms with Crippen molar-refractivity contribution in [2.75, 3.05) is 6.54 Å². The van der Waals surface area contributed by atoms with Crippen LogP contribution in [-0.4, -0.2) is 20.3 Å². The first-order valence-corrected chi connectivity index (χ1v) is 8.20. The molecule has 2 unspecified atom stereocenters. The van der Waals surface area contributed by atoms with Gasteiger partial charge in [0, 0.05) is 11.9 Å². The Morgan fingerprint density at radius 1 is 1.42 bits per heavy atom. The van der Waals surface area contributed by atoms with Crippen LogP contribution >= 0.6 is 11.6 Å². The van der Waals surface area contributed by atoms with Crippen LogP contribution in [-0.2, 0) is 10.0 Å². The number of rotatable bonds is 4. The standard InChI is InChI=1S/C13H17ClFNO2S/c1-9-6-12(15)4-5-13(9)19(17,18)16-8-10-2-3-11(14)7-10/h4-6,10-11,16H,2-3,7-8H2,1H3. The van der Waals surface area contributed by atoms with Gasteiger partial charge in [0.15, 0.2) is 0 Å². The lowest BCUT2D eigenvalue weighted by Gasteiger charge is -2.13. The summed E-state index contributed by atoms with van der Waals surface area (Å²) in [6.07, 6.45) is 2.72. The summed E-state index contributed by atoms with van der Waals surface area (Å²) >= 11 is 6.00. The van der Waals surface area contributed by atoms with Gasteiger partial charge in [-0.3, -0.25) is 0 Å². The maximum atomic E-state index is 13.0. The number of benzene rings is 1. The fourth-order valence-corrected chi connectivity index (χ4v) is 4.14. The van der Waals surface area contributed by atoms with Crippen molar-refractivity contribution in [1.29, 1.82) is 0 Å². The third-order valence-corrected chi connectivity index (χ3v) is 5.45. The minimum absolute atomic E-state index is 0.134. The highest BCUT2D eigenvalue weighted by atomic mass is 35.5. The lowest BCUT2D eigenvalue weighted by Crippen LogP contribution is -2.29. The molecule has 0 amide bonds. The van der Waals surface area contributed by atoms with E-state index in [-0.39, 0.29) is 16.2 Å². The van der Waals surface area contributed by atoms with E-state index < -0.39 is 15.8 Å². The molecule has 1 N–H and O–H groups in total. The Kier molecular flexibility index (Phi) is 4.48. The summed E-state index contributed by atoms with van der Waals surface area (Å²) in [4.78, 5) is 0.134. The van der Waals surface area contributed by atoms with E-state index in [0.29, 0.717) is 12.1 Å². The predicted molar refractivity (Wildman–Crippen MR) is 73.3 cm³/mol. The molecule has 1 aromatic rings. The van der Waals surface area contributed by atoms with E-state index in [4.69, 9.17) is 11.6 Å². The number of hydrogen-bond donors (Lipinski definition) is 1. The molecule has 19 heavy (non-hydrogen) atoms. The second kappa shape index (κ2) is 5.77. The molecule has 6 heteroatoms. The molecule has 2 atom stereocenters. The van der Waals surface area contributed by atoms with E-state index >= 15 is 0 Å². The highest BCUT2D eigenvalue weighted by molar-refractivity contribution is 7.89. The highest BCUT2D eigenvalue weighted by Gasteiger charge is 2.25. The van der Waals surface area contributed by atoms with Gasteiger partial charge in [-0.2, -0.15) is 0 Å². The monoisotopic (exact) mass is 305 g/mol. The number of alkyl halides is 1. The number of halogens is 2. The molecule has 0 saturated heterocycles. The van der Waals surface area contributed by atoms with Crippen LogP contribution in [0.15, 0.2) is 23.1 Å².